The number of anilines is 1. The first-order valence-electron chi connectivity index (χ1n) is 9.10. The van der Waals surface area contributed by atoms with E-state index < -0.39 is 0 Å². The van der Waals surface area contributed by atoms with Gasteiger partial charge in [0.15, 0.2) is 0 Å². The number of benzene rings is 1. The van der Waals surface area contributed by atoms with Crippen molar-refractivity contribution in [3.63, 3.8) is 0 Å². The molecule has 148 valence electrons. The van der Waals surface area contributed by atoms with Gasteiger partial charge in [0.25, 0.3) is 11.8 Å². The van der Waals surface area contributed by atoms with Gasteiger partial charge in [0.05, 0.1) is 0 Å². The van der Waals surface area contributed by atoms with Crippen molar-refractivity contribution in [2.75, 3.05) is 5.32 Å². The predicted molar refractivity (Wildman–Crippen MR) is 114 cm³/mol. The Labute approximate surface area is 171 Å². The fourth-order valence-electron chi connectivity index (χ4n) is 2.39. The van der Waals surface area contributed by atoms with E-state index in [4.69, 9.17) is 11.6 Å². The highest BCUT2D eigenvalue weighted by atomic mass is 35.5. The van der Waals surface area contributed by atoms with E-state index in [0.29, 0.717) is 11.3 Å². The molecular formula is C22H26ClN3O2. The number of rotatable bonds is 5. The van der Waals surface area contributed by atoms with Crippen LogP contribution in [0.2, 0.25) is 5.15 Å². The molecule has 2 aromatic rings. The molecule has 0 spiro atoms. The molecule has 1 aromatic heterocycles. The maximum Gasteiger partial charge on any atom is 0.274 e. The second-order valence-electron chi connectivity index (χ2n) is 7.74. The van der Waals surface area contributed by atoms with Crippen molar-refractivity contribution in [1.29, 1.82) is 0 Å². The normalized spacial score (nSPS) is 13.0. The van der Waals surface area contributed by atoms with E-state index >= 15 is 0 Å². The third kappa shape index (κ3) is 6.20. The lowest BCUT2D eigenvalue weighted by Crippen LogP contribution is -2.31. The lowest BCUT2D eigenvalue weighted by molar-refractivity contribution is 0.0946. The smallest absolute Gasteiger partial charge is 0.274 e. The summed E-state index contributed by atoms with van der Waals surface area (Å²) in [6, 6.07) is 11.5. The van der Waals surface area contributed by atoms with Crippen molar-refractivity contribution < 1.29 is 9.59 Å². The van der Waals surface area contributed by atoms with Gasteiger partial charge < -0.3 is 10.6 Å². The van der Waals surface area contributed by atoms with Crippen molar-refractivity contribution in [3.8, 4) is 0 Å². The highest BCUT2D eigenvalue weighted by molar-refractivity contribution is 6.29. The van der Waals surface area contributed by atoms with Crippen LogP contribution in [-0.4, -0.2) is 22.8 Å². The average molecular weight is 400 g/mol. The number of amides is 2. The van der Waals surface area contributed by atoms with Crippen LogP contribution in [0.25, 0.3) is 0 Å². The Hall–Kier alpha value is -2.66. The van der Waals surface area contributed by atoms with Crippen LogP contribution in [0.4, 0.5) is 5.69 Å². The van der Waals surface area contributed by atoms with E-state index in [9.17, 15) is 9.59 Å². The molecule has 0 fully saturated rings. The van der Waals surface area contributed by atoms with Crippen molar-refractivity contribution in [1.82, 2.24) is 10.3 Å². The number of aromatic nitrogens is 1. The van der Waals surface area contributed by atoms with Gasteiger partial charge in [-0.1, -0.05) is 50.1 Å². The van der Waals surface area contributed by atoms with E-state index in [2.05, 4.69) is 49.4 Å². The zero-order chi connectivity index (χ0) is 20.9. The van der Waals surface area contributed by atoms with E-state index in [0.717, 1.165) is 0 Å². The molecular weight excluding hydrogens is 374 g/mol. The van der Waals surface area contributed by atoms with Crippen molar-refractivity contribution in [2.45, 2.75) is 40.7 Å². The molecule has 28 heavy (non-hydrogen) atoms. The van der Waals surface area contributed by atoms with Crippen LogP contribution in [-0.2, 0) is 0 Å². The lowest BCUT2D eigenvalue weighted by Gasteiger charge is -2.21. The first-order chi connectivity index (χ1) is 13.1. The summed E-state index contributed by atoms with van der Waals surface area (Å²) in [6.45, 7) is 10.4. The van der Waals surface area contributed by atoms with E-state index in [-0.39, 0.29) is 34.1 Å². The number of nitrogens with zero attached hydrogens (tertiary/aromatic N) is 1. The van der Waals surface area contributed by atoms with E-state index in [1.807, 2.05) is 6.92 Å². The largest absolute Gasteiger partial charge is 0.346 e. The van der Waals surface area contributed by atoms with Crippen LogP contribution in [0.15, 0.2) is 54.1 Å². The monoisotopic (exact) mass is 399 g/mol. The molecule has 2 N–H and O–H groups in total. The molecule has 0 saturated carbocycles. The highest BCUT2D eigenvalue weighted by Gasteiger charge is 2.15. The number of hydrogen-bond acceptors (Lipinski definition) is 3. The molecule has 0 saturated heterocycles. The van der Waals surface area contributed by atoms with E-state index in [1.165, 1.54) is 5.57 Å². The minimum absolute atomic E-state index is 0.0662. The van der Waals surface area contributed by atoms with Gasteiger partial charge in [-0.05, 0) is 55.7 Å². The summed E-state index contributed by atoms with van der Waals surface area (Å²) >= 11 is 5.81. The second-order valence-corrected chi connectivity index (χ2v) is 8.13. The average Bonchev–Trinajstić information content (AvgIpc) is 2.61. The third-order valence-corrected chi connectivity index (χ3v) is 4.60. The predicted octanol–water partition coefficient (Wildman–Crippen LogP) is 5.10. The number of nitrogens with one attached hydrogen (secondary N) is 2. The highest BCUT2D eigenvalue weighted by Crippen LogP contribution is 2.24. The third-order valence-electron chi connectivity index (χ3n) is 4.39. The Morgan fingerprint density at radius 2 is 1.71 bits per heavy atom. The molecule has 1 unspecified atom stereocenters. The summed E-state index contributed by atoms with van der Waals surface area (Å²) in [5, 5.41) is 5.95. The van der Waals surface area contributed by atoms with Gasteiger partial charge in [-0.3, -0.25) is 9.59 Å². The SMILES string of the molecule is C/C(=C\C(C)NC(=O)c1ccc(NC(=O)c2cccc(Cl)n2)cc1)C(C)(C)C. The Balaban J connectivity index is 2.00. The van der Waals surface area contributed by atoms with Crippen molar-refractivity contribution >= 4 is 29.1 Å². The summed E-state index contributed by atoms with van der Waals surface area (Å²) < 4.78 is 0. The number of hydrogen-bond donors (Lipinski definition) is 2. The van der Waals surface area contributed by atoms with Crippen LogP contribution >= 0.6 is 11.6 Å². The molecule has 0 radical (unpaired) electrons. The Bertz CT molecular complexity index is 883. The van der Waals surface area contributed by atoms with Crippen LogP contribution in [0.3, 0.4) is 0 Å². The van der Waals surface area contributed by atoms with Gasteiger partial charge in [0.1, 0.15) is 10.8 Å². The summed E-state index contributed by atoms with van der Waals surface area (Å²) in [6.07, 6.45) is 2.06. The van der Waals surface area contributed by atoms with Gasteiger partial charge in [-0.25, -0.2) is 4.98 Å². The lowest BCUT2D eigenvalue weighted by atomic mass is 9.86. The van der Waals surface area contributed by atoms with Crippen molar-refractivity contribution in [3.05, 3.63) is 70.5 Å². The Kier molecular flexibility index (Phi) is 6.97. The maximum absolute atomic E-state index is 12.4. The zero-order valence-corrected chi connectivity index (χ0v) is 17.6. The summed E-state index contributed by atoms with van der Waals surface area (Å²) in [4.78, 5) is 28.6. The quantitative estimate of drug-likeness (QED) is 0.542. The molecule has 1 heterocycles. The van der Waals surface area contributed by atoms with Gasteiger partial charge in [0, 0.05) is 17.3 Å². The molecule has 0 aliphatic heterocycles. The minimum Gasteiger partial charge on any atom is -0.346 e. The molecule has 5 nitrogen and oxygen atoms in total. The summed E-state index contributed by atoms with van der Waals surface area (Å²) in [5.41, 5.74) is 2.60. The number of pyridine rings is 1. The minimum atomic E-state index is -0.365. The van der Waals surface area contributed by atoms with E-state index in [1.54, 1.807) is 42.5 Å². The number of carbonyl (C=O) groups is 2. The molecule has 2 amide bonds. The van der Waals surface area contributed by atoms with Gasteiger partial charge in [-0.15, -0.1) is 0 Å². The molecule has 0 aliphatic rings. The van der Waals surface area contributed by atoms with Crippen molar-refractivity contribution in [2.24, 2.45) is 5.41 Å². The van der Waals surface area contributed by atoms with Crippen LogP contribution in [0.1, 0.15) is 55.5 Å². The van der Waals surface area contributed by atoms with Crippen LogP contribution < -0.4 is 10.6 Å². The zero-order valence-electron chi connectivity index (χ0n) is 16.8. The number of halogens is 1. The van der Waals surface area contributed by atoms with Gasteiger partial charge in [0.2, 0.25) is 0 Å². The molecule has 1 aromatic carbocycles. The van der Waals surface area contributed by atoms with Gasteiger partial charge >= 0.3 is 0 Å². The molecule has 1 atom stereocenters. The maximum atomic E-state index is 12.4. The van der Waals surface area contributed by atoms with Crippen LogP contribution in [0.5, 0.6) is 0 Å². The summed E-state index contributed by atoms with van der Waals surface area (Å²) in [5.74, 6) is -0.532. The van der Waals surface area contributed by atoms with Gasteiger partial charge in [-0.2, -0.15) is 0 Å². The second kappa shape index (κ2) is 9.02. The number of carbonyl (C=O) groups excluding carboxylic acids is 2. The fraction of sp³-hybridized carbons (Fsp3) is 0.318. The fourth-order valence-corrected chi connectivity index (χ4v) is 2.56. The standard InChI is InChI=1S/C22H26ClN3O2/c1-14(22(3,4)5)13-15(2)24-20(27)16-9-11-17(12-10-16)25-21(28)18-7-6-8-19(23)26-18/h6-13,15H,1-5H3,(H,24,27)(H,25,28)/b14-13+. The molecule has 6 heteroatoms. The number of allylic oxidation sites excluding steroid dienone is 1. The molecule has 0 aliphatic carbocycles. The first-order valence-corrected chi connectivity index (χ1v) is 9.48. The molecule has 2 rings (SSSR count). The summed E-state index contributed by atoms with van der Waals surface area (Å²) in [7, 11) is 0. The Morgan fingerprint density at radius 1 is 1.07 bits per heavy atom. The van der Waals surface area contributed by atoms with Crippen LogP contribution in [0, 0.1) is 5.41 Å². The first kappa shape index (κ1) is 21.6. The topological polar surface area (TPSA) is 71.1 Å². The molecule has 0 bridgehead atoms. The Morgan fingerprint density at radius 3 is 2.29 bits per heavy atom.